The fourth-order valence-corrected chi connectivity index (χ4v) is 8.67. The van der Waals surface area contributed by atoms with Crippen LogP contribution < -0.4 is 0 Å². The number of phenols is 2. The number of fused-ring (bicyclic) bond motifs is 2. The number of benzene rings is 4. The molecule has 3 N–H and O–H groups in total. The Morgan fingerprint density at radius 2 is 1.06 bits per heavy atom. The van der Waals surface area contributed by atoms with Crippen molar-refractivity contribution in [3.8, 4) is 35.2 Å². The maximum absolute atomic E-state index is 11.7. The van der Waals surface area contributed by atoms with Crippen LogP contribution in [0.15, 0.2) is 82.6 Å². The molecule has 0 fully saturated rings. The molecule has 2 aliphatic heterocycles. The summed E-state index contributed by atoms with van der Waals surface area (Å²) in [7, 11) is 0. The monoisotopic (exact) mass is 704 g/mol. The number of carboxylic acid groups (broad SMARTS) is 1. The van der Waals surface area contributed by atoms with E-state index >= 15 is 0 Å². The Bertz CT molecular complexity index is 2070. The summed E-state index contributed by atoms with van der Waals surface area (Å²) in [6.07, 6.45) is 2.30. The molecule has 6 rings (SSSR count). The van der Waals surface area contributed by atoms with Gasteiger partial charge in [-0.2, -0.15) is 0 Å². The van der Waals surface area contributed by atoms with Gasteiger partial charge in [0, 0.05) is 32.0 Å². The molecule has 0 atom stereocenters. The van der Waals surface area contributed by atoms with Crippen LogP contribution in [0.4, 0.5) is 0 Å². The first-order chi connectivity index (χ1) is 23.8. The van der Waals surface area contributed by atoms with E-state index in [0.29, 0.717) is 11.1 Å². The molecule has 2 heterocycles. The maximum Gasteiger partial charge on any atom is 0.341 e. The summed E-state index contributed by atoms with van der Waals surface area (Å²) in [5.41, 5.74) is 6.15. The van der Waals surface area contributed by atoms with Gasteiger partial charge in [0.05, 0.1) is 6.61 Å². The molecule has 8 heteroatoms. The number of carboxylic acids is 1. The van der Waals surface area contributed by atoms with E-state index in [9.17, 15) is 19.8 Å². The Morgan fingerprint density at radius 1 is 0.660 bits per heavy atom. The van der Waals surface area contributed by atoms with Crippen molar-refractivity contribution >= 4 is 35.5 Å². The molecular weight excluding hydrogens is 665 g/mol. The van der Waals surface area contributed by atoms with E-state index in [0.717, 1.165) is 35.5 Å². The van der Waals surface area contributed by atoms with Crippen molar-refractivity contribution in [1.29, 1.82) is 0 Å². The molecule has 0 aliphatic carbocycles. The number of carbonyl (C=O) groups is 2. The van der Waals surface area contributed by atoms with E-state index in [2.05, 4.69) is 75.6 Å². The third kappa shape index (κ3) is 8.69. The minimum absolute atomic E-state index is 0.113. The topological polar surface area (TPSA) is 104 Å². The highest BCUT2D eigenvalue weighted by molar-refractivity contribution is 7.99. The summed E-state index contributed by atoms with van der Waals surface area (Å²) in [6.45, 7) is 11.1. The van der Waals surface area contributed by atoms with E-state index < -0.39 is 11.9 Å². The van der Waals surface area contributed by atoms with Crippen molar-refractivity contribution in [3.05, 3.63) is 117 Å². The lowest BCUT2D eigenvalue weighted by molar-refractivity contribution is 0.0522. The van der Waals surface area contributed by atoms with E-state index in [-0.39, 0.29) is 40.1 Å². The van der Waals surface area contributed by atoms with Gasteiger partial charge in [-0.05, 0) is 126 Å². The number of hydrogen-bond acceptors (Lipinski definition) is 7. The predicted molar refractivity (Wildman–Crippen MR) is 201 cm³/mol. The Balaban J connectivity index is 0.000000195. The predicted octanol–water partition coefficient (Wildman–Crippen LogP) is 9.01. The van der Waals surface area contributed by atoms with Crippen LogP contribution in [0.25, 0.3) is 0 Å². The van der Waals surface area contributed by atoms with Gasteiger partial charge in [-0.25, -0.2) is 9.59 Å². The lowest BCUT2D eigenvalue weighted by Crippen LogP contribution is -2.22. The first-order valence-electron chi connectivity index (χ1n) is 16.4. The molecule has 256 valence electrons. The Morgan fingerprint density at radius 3 is 1.46 bits per heavy atom. The molecule has 0 amide bonds. The number of aromatic carboxylic acids is 1. The van der Waals surface area contributed by atoms with Gasteiger partial charge in [0.25, 0.3) is 0 Å². The van der Waals surface area contributed by atoms with Crippen LogP contribution in [0.1, 0.15) is 102 Å². The van der Waals surface area contributed by atoms with E-state index in [4.69, 9.17) is 9.84 Å². The molecule has 4 aromatic rings. The third-order valence-corrected chi connectivity index (χ3v) is 11.0. The number of thioether (sulfide) groups is 2. The van der Waals surface area contributed by atoms with Crippen LogP contribution in [0, 0.1) is 23.7 Å². The number of rotatable bonds is 3. The molecular formula is C42H40O6S2. The molecule has 4 aromatic carbocycles. The average molecular weight is 705 g/mol. The van der Waals surface area contributed by atoms with Crippen LogP contribution >= 0.6 is 23.5 Å². The van der Waals surface area contributed by atoms with Crippen LogP contribution in [0.3, 0.4) is 0 Å². The first kappa shape index (κ1) is 36.5. The molecule has 0 unspecified atom stereocenters. The van der Waals surface area contributed by atoms with E-state index in [1.165, 1.54) is 39.1 Å². The van der Waals surface area contributed by atoms with Gasteiger partial charge < -0.3 is 20.1 Å². The standard InChI is InChI=1S/C22H22O3S.C20H18O3S/c1-4-25-21(24)17-9-7-16(14-19(17)23)6-5-15-8-10-20-18(13-15)22(2,3)11-12-26-20;1-20(2)9-10-24-18-8-6-13(11-16(18)20)3-4-14-5-7-15(19(22)23)17(21)12-14/h7-10,13-14,23H,4,11-12H2,1-3H3;5-8,11-12,21H,9-10H2,1-2H3,(H,22,23). The van der Waals surface area contributed by atoms with Gasteiger partial charge in [0.15, 0.2) is 0 Å². The van der Waals surface area contributed by atoms with Crippen LogP contribution in [-0.2, 0) is 15.6 Å². The average Bonchev–Trinajstić information content (AvgIpc) is 3.07. The lowest BCUT2D eigenvalue weighted by atomic mass is 9.81. The summed E-state index contributed by atoms with van der Waals surface area (Å²) >= 11 is 3.78. The fourth-order valence-electron chi connectivity index (χ4n) is 5.70. The highest BCUT2D eigenvalue weighted by Crippen LogP contribution is 2.42. The number of ether oxygens (including phenoxy) is 1. The molecule has 2 aliphatic rings. The van der Waals surface area contributed by atoms with Gasteiger partial charge in [-0.15, -0.1) is 23.5 Å². The second-order valence-corrected chi connectivity index (χ2v) is 15.6. The lowest BCUT2D eigenvalue weighted by Gasteiger charge is -2.32. The zero-order chi connectivity index (χ0) is 36.1. The number of hydrogen-bond donors (Lipinski definition) is 3. The molecule has 0 saturated carbocycles. The Hall–Kier alpha value is -4.76. The summed E-state index contributed by atoms with van der Waals surface area (Å²) < 4.78 is 4.91. The molecule has 0 saturated heterocycles. The van der Waals surface area contributed by atoms with Gasteiger partial charge in [-0.3, -0.25) is 0 Å². The van der Waals surface area contributed by atoms with Crippen molar-refractivity contribution in [3.63, 3.8) is 0 Å². The summed E-state index contributed by atoms with van der Waals surface area (Å²) in [5, 5.41) is 28.7. The smallest absolute Gasteiger partial charge is 0.341 e. The second kappa shape index (κ2) is 15.4. The number of aromatic hydroxyl groups is 2. The number of phenolic OH excluding ortho intramolecular Hbond substituents is 1. The maximum atomic E-state index is 11.7. The second-order valence-electron chi connectivity index (χ2n) is 13.4. The fraction of sp³-hybridized carbons (Fsp3) is 0.286. The van der Waals surface area contributed by atoms with Crippen LogP contribution in [-0.4, -0.2) is 45.4 Å². The van der Waals surface area contributed by atoms with Gasteiger partial charge >= 0.3 is 11.9 Å². The molecule has 0 spiro atoms. The largest absolute Gasteiger partial charge is 0.507 e. The number of carbonyl (C=O) groups excluding carboxylic acids is 1. The Labute approximate surface area is 302 Å². The van der Waals surface area contributed by atoms with Gasteiger partial charge in [0.2, 0.25) is 0 Å². The summed E-state index contributed by atoms with van der Waals surface area (Å²) in [5.74, 6) is 12.6. The molecule has 50 heavy (non-hydrogen) atoms. The zero-order valence-electron chi connectivity index (χ0n) is 28.8. The molecule has 0 bridgehead atoms. The van der Waals surface area contributed by atoms with Gasteiger partial charge in [0.1, 0.15) is 22.6 Å². The molecule has 0 radical (unpaired) electrons. The van der Waals surface area contributed by atoms with Crippen LogP contribution in [0.5, 0.6) is 11.5 Å². The molecule has 0 aromatic heterocycles. The normalized spacial score (nSPS) is 14.9. The third-order valence-electron chi connectivity index (χ3n) is 8.81. The van der Waals surface area contributed by atoms with Crippen LogP contribution in [0.2, 0.25) is 0 Å². The minimum atomic E-state index is -1.15. The summed E-state index contributed by atoms with van der Waals surface area (Å²) in [4.78, 5) is 25.3. The minimum Gasteiger partial charge on any atom is -0.507 e. The summed E-state index contributed by atoms with van der Waals surface area (Å²) in [6, 6.07) is 21.7. The SMILES string of the molecule is CC1(C)CCSc2ccc(C#Cc3ccc(C(=O)O)c(O)c3)cc21.CCOC(=O)c1ccc(C#Cc2ccc3c(c2)C(C)(C)CCS3)cc1O. The highest BCUT2D eigenvalue weighted by atomic mass is 32.2. The number of esters is 1. The van der Waals surface area contributed by atoms with Crippen molar-refractivity contribution in [2.24, 2.45) is 0 Å². The van der Waals surface area contributed by atoms with Gasteiger partial charge in [-0.1, -0.05) is 51.4 Å². The van der Waals surface area contributed by atoms with Crippen molar-refractivity contribution in [1.82, 2.24) is 0 Å². The highest BCUT2D eigenvalue weighted by Gasteiger charge is 2.28. The molecule has 6 nitrogen and oxygen atoms in total. The first-order valence-corrected chi connectivity index (χ1v) is 18.4. The quantitative estimate of drug-likeness (QED) is 0.143. The van der Waals surface area contributed by atoms with Crippen molar-refractivity contribution < 1.29 is 29.6 Å². The van der Waals surface area contributed by atoms with Crippen molar-refractivity contribution in [2.75, 3.05) is 18.1 Å². The van der Waals surface area contributed by atoms with E-state index in [1.807, 2.05) is 35.7 Å². The Kier molecular flexibility index (Phi) is 11.3. The van der Waals surface area contributed by atoms with Crippen molar-refractivity contribution in [2.45, 2.75) is 68.1 Å². The van der Waals surface area contributed by atoms with E-state index in [1.54, 1.807) is 25.1 Å². The zero-order valence-corrected chi connectivity index (χ0v) is 30.5.